The van der Waals surface area contributed by atoms with E-state index in [9.17, 15) is 0 Å². The summed E-state index contributed by atoms with van der Waals surface area (Å²) in [5, 5.41) is 4.10. The van der Waals surface area contributed by atoms with Gasteiger partial charge in [0.05, 0.1) is 0 Å². The molecule has 6 heteroatoms. The summed E-state index contributed by atoms with van der Waals surface area (Å²) in [6, 6.07) is 0. The van der Waals surface area contributed by atoms with Crippen molar-refractivity contribution in [3.63, 3.8) is 0 Å². The molecule has 1 aliphatic rings. The zero-order valence-electron chi connectivity index (χ0n) is 8.53. The van der Waals surface area contributed by atoms with Crippen molar-refractivity contribution in [3.05, 3.63) is 4.73 Å². The summed E-state index contributed by atoms with van der Waals surface area (Å²) in [4.78, 5) is 4.00. The highest BCUT2D eigenvalue weighted by Gasteiger charge is 2.14. The molecule has 1 fully saturated rings. The number of aryl methyl sites for hydroxylation is 1. The van der Waals surface area contributed by atoms with E-state index < -0.39 is 0 Å². The van der Waals surface area contributed by atoms with Gasteiger partial charge in [-0.2, -0.15) is 4.98 Å². The Kier molecular flexibility index (Phi) is 3.58. The number of hydrogen-bond acceptors (Lipinski definition) is 4. The first-order chi connectivity index (χ1) is 7.25. The molecule has 0 radical (unpaired) electrons. The van der Waals surface area contributed by atoms with Crippen LogP contribution < -0.4 is 5.73 Å². The Balaban J connectivity index is 1.84. The van der Waals surface area contributed by atoms with Crippen molar-refractivity contribution in [1.82, 2.24) is 14.8 Å². The number of nitrogen functional groups attached to an aromatic ring is 1. The van der Waals surface area contributed by atoms with Crippen LogP contribution in [-0.4, -0.2) is 28.0 Å². The van der Waals surface area contributed by atoms with E-state index in [-0.39, 0.29) is 0 Å². The smallest absolute Gasteiger partial charge is 0.240 e. The third kappa shape index (κ3) is 2.92. The Hall–Kier alpha value is -0.620. The standard InChI is InChI=1S/C9H15BrN4O/c10-8-12-9(11)13-14(8)4-1-7-2-5-15-6-3-7/h7H,1-6H2,(H2,11,13). The Morgan fingerprint density at radius 1 is 1.47 bits per heavy atom. The van der Waals surface area contributed by atoms with Crippen molar-refractivity contribution in [3.8, 4) is 0 Å². The van der Waals surface area contributed by atoms with Crippen LogP contribution >= 0.6 is 15.9 Å². The van der Waals surface area contributed by atoms with Gasteiger partial charge in [0, 0.05) is 19.8 Å². The predicted octanol–water partition coefficient (Wildman–Crippen LogP) is 1.44. The van der Waals surface area contributed by atoms with Crippen LogP contribution in [0, 0.1) is 5.92 Å². The van der Waals surface area contributed by atoms with Gasteiger partial charge in [-0.05, 0) is 41.1 Å². The first-order valence-corrected chi connectivity index (χ1v) is 5.98. The lowest BCUT2D eigenvalue weighted by Gasteiger charge is -2.21. The van der Waals surface area contributed by atoms with E-state index in [0.717, 1.165) is 44.9 Å². The molecule has 0 atom stereocenters. The van der Waals surface area contributed by atoms with Gasteiger partial charge in [-0.15, -0.1) is 5.10 Å². The Morgan fingerprint density at radius 2 is 2.20 bits per heavy atom. The van der Waals surface area contributed by atoms with Gasteiger partial charge in [-0.25, -0.2) is 4.68 Å². The summed E-state index contributed by atoms with van der Waals surface area (Å²) < 4.78 is 7.84. The van der Waals surface area contributed by atoms with Crippen molar-refractivity contribution in [2.75, 3.05) is 18.9 Å². The molecule has 1 aliphatic heterocycles. The molecule has 0 aromatic carbocycles. The van der Waals surface area contributed by atoms with Crippen molar-refractivity contribution >= 4 is 21.9 Å². The lowest BCUT2D eigenvalue weighted by atomic mass is 9.97. The summed E-state index contributed by atoms with van der Waals surface area (Å²) >= 11 is 3.33. The average molecular weight is 275 g/mol. The van der Waals surface area contributed by atoms with Gasteiger partial charge in [-0.1, -0.05) is 0 Å². The lowest BCUT2D eigenvalue weighted by molar-refractivity contribution is 0.0622. The molecule has 0 unspecified atom stereocenters. The quantitative estimate of drug-likeness (QED) is 0.906. The molecule has 15 heavy (non-hydrogen) atoms. The topological polar surface area (TPSA) is 66.0 Å². The molecular formula is C9H15BrN4O. The predicted molar refractivity (Wildman–Crippen MR) is 60.3 cm³/mol. The van der Waals surface area contributed by atoms with E-state index >= 15 is 0 Å². The molecule has 0 saturated carbocycles. The van der Waals surface area contributed by atoms with E-state index in [1.165, 1.54) is 0 Å². The van der Waals surface area contributed by atoms with Crippen LogP contribution in [0.4, 0.5) is 5.95 Å². The van der Waals surface area contributed by atoms with E-state index in [4.69, 9.17) is 10.5 Å². The number of aromatic nitrogens is 3. The molecule has 5 nitrogen and oxygen atoms in total. The first-order valence-electron chi connectivity index (χ1n) is 5.19. The summed E-state index contributed by atoms with van der Waals surface area (Å²) in [5.74, 6) is 1.07. The minimum Gasteiger partial charge on any atom is -0.381 e. The van der Waals surface area contributed by atoms with Gasteiger partial charge >= 0.3 is 0 Å². The molecule has 2 heterocycles. The van der Waals surface area contributed by atoms with Crippen LogP contribution in [0.25, 0.3) is 0 Å². The fourth-order valence-electron chi connectivity index (χ4n) is 1.82. The van der Waals surface area contributed by atoms with Gasteiger partial charge in [0.2, 0.25) is 5.95 Å². The normalized spacial score (nSPS) is 18.2. The molecule has 1 aromatic rings. The highest BCUT2D eigenvalue weighted by atomic mass is 79.9. The van der Waals surface area contributed by atoms with E-state index in [1.54, 1.807) is 0 Å². The molecule has 2 N–H and O–H groups in total. The number of ether oxygens (including phenoxy) is 1. The van der Waals surface area contributed by atoms with Gasteiger partial charge in [0.1, 0.15) is 0 Å². The highest BCUT2D eigenvalue weighted by molar-refractivity contribution is 9.10. The minimum atomic E-state index is 0.328. The third-order valence-electron chi connectivity index (χ3n) is 2.73. The summed E-state index contributed by atoms with van der Waals surface area (Å²) in [5.41, 5.74) is 5.50. The Bertz CT molecular complexity index is 322. The van der Waals surface area contributed by atoms with Gasteiger partial charge < -0.3 is 10.5 Å². The first kappa shape index (κ1) is 10.9. The number of nitrogens with zero attached hydrogens (tertiary/aromatic N) is 3. The maximum atomic E-state index is 5.50. The van der Waals surface area contributed by atoms with Crippen molar-refractivity contribution in [1.29, 1.82) is 0 Å². The summed E-state index contributed by atoms with van der Waals surface area (Å²) in [6.45, 7) is 2.66. The molecule has 0 spiro atoms. The summed E-state index contributed by atoms with van der Waals surface area (Å²) in [6.07, 6.45) is 3.42. The summed E-state index contributed by atoms with van der Waals surface area (Å²) in [7, 11) is 0. The van der Waals surface area contributed by atoms with E-state index in [0.29, 0.717) is 10.7 Å². The van der Waals surface area contributed by atoms with Crippen LogP contribution in [-0.2, 0) is 11.3 Å². The number of nitrogens with two attached hydrogens (primary N) is 1. The molecule has 84 valence electrons. The maximum absolute atomic E-state index is 5.50. The van der Waals surface area contributed by atoms with E-state index in [1.807, 2.05) is 4.68 Å². The fraction of sp³-hybridized carbons (Fsp3) is 0.778. The average Bonchev–Trinajstić information content (AvgIpc) is 2.56. The largest absolute Gasteiger partial charge is 0.381 e. The fourth-order valence-corrected chi connectivity index (χ4v) is 2.26. The molecule has 0 bridgehead atoms. The van der Waals surface area contributed by atoms with Crippen molar-refractivity contribution in [2.45, 2.75) is 25.8 Å². The maximum Gasteiger partial charge on any atom is 0.240 e. The number of hydrogen-bond donors (Lipinski definition) is 1. The van der Waals surface area contributed by atoms with Gasteiger partial charge in [0.15, 0.2) is 4.73 Å². The molecule has 1 aromatic heterocycles. The van der Waals surface area contributed by atoms with E-state index in [2.05, 4.69) is 26.0 Å². The second-order valence-corrected chi connectivity index (χ2v) is 4.52. The third-order valence-corrected chi connectivity index (χ3v) is 3.32. The SMILES string of the molecule is Nc1nc(Br)n(CCC2CCOCC2)n1. The number of anilines is 1. The van der Waals surface area contributed by atoms with Gasteiger partial charge in [0.25, 0.3) is 0 Å². The van der Waals surface area contributed by atoms with Crippen molar-refractivity contribution in [2.24, 2.45) is 5.92 Å². The van der Waals surface area contributed by atoms with Crippen molar-refractivity contribution < 1.29 is 4.74 Å². The highest BCUT2D eigenvalue weighted by Crippen LogP contribution is 2.20. The minimum absolute atomic E-state index is 0.328. The zero-order valence-corrected chi connectivity index (χ0v) is 10.1. The van der Waals surface area contributed by atoms with Gasteiger partial charge in [-0.3, -0.25) is 0 Å². The second-order valence-electron chi connectivity index (χ2n) is 3.81. The molecule has 2 rings (SSSR count). The molecular weight excluding hydrogens is 260 g/mol. The van der Waals surface area contributed by atoms with Crippen LogP contribution in [0.2, 0.25) is 0 Å². The lowest BCUT2D eigenvalue weighted by Crippen LogP contribution is -2.17. The molecule has 1 saturated heterocycles. The van der Waals surface area contributed by atoms with Crippen LogP contribution in [0.15, 0.2) is 4.73 Å². The van der Waals surface area contributed by atoms with Crippen LogP contribution in [0.1, 0.15) is 19.3 Å². The second kappa shape index (κ2) is 4.94. The number of rotatable bonds is 3. The molecule has 0 aliphatic carbocycles. The molecule has 0 amide bonds. The Labute approximate surface area is 97.1 Å². The zero-order chi connectivity index (χ0) is 10.7. The Morgan fingerprint density at radius 3 is 2.80 bits per heavy atom. The number of halogens is 1. The van der Waals surface area contributed by atoms with Crippen LogP contribution in [0.5, 0.6) is 0 Å². The van der Waals surface area contributed by atoms with Crippen LogP contribution in [0.3, 0.4) is 0 Å². The monoisotopic (exact) mass is 274 g/mol.